The lowest BCUT2D eigenvalue weighted by atomic mass is 10.1. The number of carbonyl (C=O) groups is 2. The van der Waals surface area contributed by atoms with Crippen molar-refractivity contribution < 1.29 is 27.1 Å². The Morgan fingerprint density at radius 3 is 2.52 bits per heavy atom. The lowest BCUT2D eigenvalue weighted by molar-refractivity contribution is 0.0473. The van der Waals surface area contributed by atoms with Crippen LogP contribution in [0.3, 0.4) is 0 Å². The smallest absolute Gasteiger partial charge is 0.338 e. The number of carbonyl (C=O) groups excluding carboxylic acids is 2. The van der Waals surface area contributed by atoms with Crippen LogP contribution in [-0.2, 0) is 14.8 Å². The van der Waals surface area contributed by atoms with Gasteiger partial charge in [-0.1, -0.05) is 23.7 Å². The molecule has 0 saturated heterocycles. The van der Waals surface area contributed by atoms with Crippen molar-refractivity contribution in [3.8, 4) is 0 Å². The van der Waals surface area contributed by atoms with Crippen molar-refractivity contribution in [2.24, 2.45) is 0 Å². The highest BCUT2D eigenvalue weighted by Crippen LogP contribution is 2.22. The van der Waals surface area contributed by atoms with Crippen LogP contribution in [0, 0.1) is 5.82 Å². The molecule has 2 rings (SSSR count). The molecule has 0 aliphatic rings. The normalized spacial score (nSPS) is 11.2. The quantitative estimate of drug-likeness (QED) is 0.609. The number of Topliss-reactive ketones (excluding diaryl/α,β-unsaturated/α-hetero) is 1. The molecule has 0 aliphatic carbocycles. The molecule has 2 aromatic carbocycles. The molecule has 0 saturated carbocycles. The predicted molar refractivity (Wildman–Crippen MR) is 88.7 cm³/mol. The molecule has 6 nitrogen and oxygen atoms in total. The molecule has 1 N–H and O–H groups in total. The van der Waals surface area contributed by atoms with E-state index in [0.29, 0.717) is 0 Å². The zero-order valence-electron chi connectivity index (χ0n) is 13.0. The third-order valence-corrected chi connectivity index (χ3v) is 5.13. The number of esters is 1. The molecule has 0 aliphatic heterocycles. The molecule has 0 unspecified atom stereocenters. The Bertz CT molecular complexity index is 930. The number of ether oxygens (including phenoxy) is 1. The second kappa shape index (κ2) is 7.73. The summed E-state index contributed by atoms with van der Waals surface area (Å²) >= 11 is 5.82. The van der Waals surface area contributed by atoms with Gasteiger partial charge >= 0.3 is 5.97 Å². The molecule has 0 atom stereocenters. The maximum absolute atomic E-state index is 13.5. The van der Waals surface area contributed by atoms with Gasteiger partial charge in [0.2, 0.25) is 15.8 Å². The Hall–Kier alpha value is -2.29. The van der Waals surface area contributed by atoms with Gasteiger partial charge in [-0.3, -0.25) is 4.79 Å². The number of nitrogens with one attached hydrogen (secondary N) is 1. The van der Waals surface area contributed by atoms with Crippen LogP contribution in [0.15, 0.2) is 47.4 Å². The van der Waals surface area contributed by atoms with Crippen LogP contribution in [0.2, 0.25) is 5.02 Å². The molecular weight excluding hydrogens is 373 g/mol. The maximum Gasteiger partial charge on any atom is 0.338 e. The van der Waals surface area contributed by atoms with Crippen molar-refractivity contribution in [1.82, 2.24) is 4.72 Å². The van der Waals surface area contributed by atoms with Crippen LogP contribution in [0.25, 0.3) is 0 Å². The molecule has 2 aromatic rings. The van der Waals surface area contributed by atoms with Gasteiger partial charge in [0.05, 0.1) is 16.1 Å². The van der Waals surface area contributed by atoms with Crippen LogP contribution in [0.4, 0.5) is 4.39 Å². The Kier molecular flexibility index (Phi) is 5.89. The Morgan fingerprint density at radius 2 is 1.88 bits per heavy atom. The topological polar surface area (TPSA) is 89.5 Å². The first kappa shape index (κ1) is 19.0. The molecule has 132 valence electrons. The Labute approximate surface area is 148 Å². The number of hydrogen-bond acceptors (Lipinski definition) is 5. The summed E-state index contributed by atoms with van der Waals surface area (Å²) in [5.74, 6) is -2.38. The van der Waals surface area contributed by atoms with Gasteiger partial charge in [-0.2, -0.15) is 0 Å². The zero-order chi connectivity index (χ0) is 18.6. The standard InChI is InChI=1S/C16H13ClFNO5S/c1-19-25(22,23)15-8-10(6-7-12(15)17)16(21)24-9-14(20)11-4-2-3-5-13(11)18/h2-8,19H,9H2,1H3. The minimum Gasteiger partial charge on any atom is -0.454 e. The molecular formula is C16H13ClFNO5S. The maximum atomic E-state index is 13.5. The molecule has 9 heteroatoms. The van der Waals surface area contributed by atoms with E-state index in [4.69, 9.17) is 16.3 Å². The third kappa shape index (κ3) is 4.41. The van der Waals surface area contributed by atoms with Gasteiger partial charge in [0.1, 0.15) is 10.7 Å². The summed E-state index contributed by atoms with van der Waals surface area (Å²) in [4.78, 5) is 23.6. The molecule has 0 spiro atoms. The van der Waals surface area contributed by atoms with Gasteiger partial charge in [-0.15, -0.1) is 0 Å². The average Bonchev–Trinajstić information content (AvgIpc) is 2.60. The highest BCUT2D eigenvalue weighted by atomic mass is 35.5. The van der Waals surface area contributed by atoms with E-state index in [1.165, 1.54) is 37.4 Å². The Balaban J connectivity index is 2.15. The number of sulfonamides is 1. The first-order chi connectivity index (χ1) is 11.8. The lowest BCUT2D eigenvalue weighted by Gasteiger charge is -2.08. The average molecular weight is 386 g/mol. The molecule has 0 fully saturated rings. The van der Waals surface area contributed by atoms with Gasteiger partial charge in [-0.05, 0) is 37.4 Å². The van der Waals surface area contributed by atoms with Crippen LogP contribution in [-0.4, -0.2) is 33.8 Å². The second-order valence-electron chi connectivity index (χ2n) is 4.83. The monoisotopic (exact) mass is 385 g/mol. The SMILES string of the molecule is CNS(=O)(=O)c1cc(C(=O)OCC(=O)c2ccccc2F)ccc1Cl. The van der Waals surface area contributed by atoms with Crippen LogP contribution < -0.4 is 4.72 Å². The van der Waals surface area contributed by atoms with E-state index < -0.39 is 34.2 Å². The van der Waals surface area contributed by atoms with Gasteiger partial charge in [0.15, 0.2) is 6.61 Å². The van der Waals surface area contributed by atoms with Crippen molar-refractivity contribution in [2.45, 2.75) is 4.90 Å². The molecule has 0 radical (unpaired) electrons. The summed E-state index contributed by atoms with van der Waals surface area (Å²) < 4.78 is 44.1. The van der Waals surface area contributed by atoms with E-state index in [2.05, 4.69) is 4.72 Å². The largest absolute Gasteiger partial charge is 0.454 e. The van der Waals surface area contributed by atoms with Gasteiger partial charge < -0.3 is 4.74 Å². The number of benzene rings is 2. The summed E-state index contributed by atoms with van der Waals surface area (Å²) in [5, 5.41) is -0.0756. The first-order valence-corrected chi connectivity index (χ1v) is 8.80. The molecule has 0 aromatic heterocycles. The fraction of sp³-hybridized carbons (Fsp3) is 0.125. The Morgan fingerprint density at radius 1 is 1.20 bits per heavy atom. The van der Waals surface area contributed by atoms with E-state index in [1.807, 2.05) is 0 Å². The van der Waals surface area contributed by atoms with Crippen LogP contribution >= 0.6 is 11.6 Å². The van der Waals surface area contributed by atoms with E-state index >= 15 is 0 Å². The highest BCUT2D eigenvalue weighted by Gasteiger charge is 2.20. The van der Waals surface area contributed by atoms with Crippen LogP contribution in [0.5, 0.6) is 0 Å². The predicted octanol–water partition coefficient (Wildman–Crippen LogP) is 2.43. The van der Waals surface area contributed by atoms with Gasteiger partial charge in [-0.25, -0.2) is 22.3 Å². The highest BCUT2D eigenvalue weighted by molar-refractivity contribution is 7.89. The number of hydrogen-bond donors (Lipinski definition) is 1. The summed E-state index contributed by atoms with van der Waals surface area (Å²) in [6.45, 7) is -0.684. The van der Waals surface area contributed by atoms with Crippen molar-refractivity contribution in [1.29, 1.82) is 0 Å². The molecule has 0 amide bonds. The summed E-state index contributed by atoms with van der Waals surface area (Å²) in [5.41, 5.74) is -0.315. The minimum atomic E-state index is -3.87. The van der Waals surface area contributed by atoms with Gasteiger partial charge in [0, 0.05) is 0 Å². The van der Waals surface area contributed by atoms with E-state index in [1.54, 1.807) is 0 Å². The molecule has 25 heavy (non-hydrogen) atoms. The minimum absolute atomic E-state index is 0.0756. The van der Waals surface area contributed by atoms with E-state index in [-0.39, 0.29) is 21.0 Å². The van der Waals surface area contributed by atoms with E-state index in [0.717, 1.165) is 12.1 Å². The summed E-state index contributed by atoms with van der Waals surface area (Å²) in [7, 11) is -2.67. The zero-order valence-corrected chi connectivity index (χ0v) is 14.5. The fourth-order valence-electron chi connectivity index (χ4n) is 1.93. The second-order valence-corrected chi connectivity index (χ2v) is 7.09. The van der Waals surface area contributed by atoms with Gasteiger partial charge in [0.25, 0.3) is 0 Å². The number of ketones is 1. The third-order valence-electron chi connectivity index (χ3n) is 3.23. The first-order valence-electron chi connectivity index (χ1n) is 6.94. The number of halogens is 2. The van der Waals surface area contributed by atoms with Crippen molar-refractivity contribution in [2.75, 3.05) is 13.7 Å². The van der Waals surface area contributed by atoms with Crippen molar-refractivity contribution in [3.63, 3.8) is 0 Å². The lowest BCUT2D eigenvalue weighted by Crippen LogP contribution is -2.20. The van der Waals surface area contributed by atoms with Crippen LogP contribution in [0.1, 0.15) is 20.7 Å². The molecule has 0 bridgehead atoms. The number of rotatable bonds is 6. The summed E-state index contributed by atoms with van der Waals surface area (Å²) in [6, 6.07) is 8.80. The van der Waals surface area contributed by atoms with Crippen molar-refractivity contribution >= 4 is 33.4 Å². The fourth-order valence-corrected chi connectivity index (χ4v) is 3.17. The van der Waals surface area contributed by atoms with Crippen molar-refractivity contribution in [3.05, 3.63) is 64.4 Å². The summed E-state index contributed by atoms with van der Waals surface area (Å²) in [6.07, 6.45) is 0. The van der Waals surface area contributed by atoms with E-state index in [9.17, 15) is 22.4 Å². The molecule has 0 heterocycles.